The molecule has 6 heteroatoms. The lowest BCUT2D eigenvalue weighted by Crippen LogP contribution is -2.31. The Bertz CT molecular complexity index is 1080. The second-order valence-electron chi connectivity index (χ2n) is 8.46. The minimum absolute atomic E-state index is 0.257. The number of carbonyl (C=O) groups excluding carboxylic acids is 3. The number of rotatable bonds is 8. The van der Waals surface area contributed by atoms with Gasteiger partial charge in [-0.05, 0) is 78.5 Å². The van der Waals surface area contributed by atoms with Crippen molar-refractivity contribution in [3.63, 3.8) is 0 Å². The minimum Gasteiger partial charge on any atom is -0.545 e. The molecule has 0 unspecified atom stereocenters. The van der Waals surface area contributed by atoms with Crippen molar-refractivity contribution in [2.75, 3.05) is 13.1 Å². The maximum absolute atomic E-state index is 13.3. The fourth-order valence-electron chi connectivity index (χ4n) is 4.71. The summed E-state index contributed by atoms with van der Waals surface area (Å²) in [6.45, 7) is 1.62. The minimum atomic E-state index is -1.55. The lowest BCUT2D eigenvalue weighted by atomic mass is 9.91. The van der Waals surface area contributed by atoms with Gasteiger partial charge < -0.3 is 19.8 Å². The van der Waals surface area contributed by atoms with E-state index in [2.05, 4.69) is 29.0 Å². The van der Waals surface area contributed by atoms with Crippen molar-refractivity contribution in [2.24, 2.45) is 0 Å². The van der Waals surface area contributed by atoms with Gasteiger partial charge in [0.15, 0.2) is 5.78 Å². The Labute approximate surface area is 199 Å². The molecule has 176 valence electrons. The van der Waals surface area contributed by atoms with Gasteiger partial charge in [0, 0.05) is 12.1 Å². The Morgan fingerprint density at radius 2 is 1.47 bits per heavy atom. The van der Waals surface area contributed by atoms with E-state index in [4.69, 9.17) is 6.42 Å². The molecule has 2 aliphatic rings. The van der Waals surface area contributed by atoms with E-state index >= 15 is 0 Å². The summed E-state index contributed by atoms with van der Waals surface area (Å²) in [4.78, 5) is 34.2. The molecule has 0 aromatic heterocycles. The molecule has 2 aliphatic carbocycles. The molecule has 0 saturated heterocycles. The predicted molar refractivity (Wildman–Crippen MR) is 125 cm³/mol. The van der Waals surface area contributed by atoms with Crippen LogP contribution in [0.3, 0.4) is 0 Å². The summed E-state index contributed by atoms with van der Waals surface area (Å²) < 4.78 is 0. The van der Waals surface area contributed by atoms with E-state index in [0.29, 0.717) is 31.8 Å². The van der Waals surface area contributed by atoms with Gasteiger partial charge in [-0.2, -0.15) is 0 Å². The Hall–Kier alpha value is -3.69. The van der Waals surface area contributed by atoms with Gasteiger partial charge in [0.1, 0.15) is 0 Å². The first kappa shape index (κ1) is 24.9. The van der Waals surface area contributed by atoms with Crippen molar-refractivity contribution < 1.29 is 24.6 Å². The Morgan fingerprint density at radius 1 is 0.912 bits per heavy atom. The first-order valence-corrected chi connectivity index (χ1v) is 11.4. The van der Waals surface area contributed by atoms with Gasteiger partial charge in [-0.15, -0.1) is 6.42 Å². The van der Waals surface area contributed by atoms with Crippen LogP contribution >= 0.6 is 0 Å². The Kier molecular flexibility index (Phi) is 8.78. The highest BCUT2D eigenvalue weighted by atomic mass is 16.4. The van der Waals surface area contributed by atoms with Crippen LogP contribution in [0.5, 0.6) is 0 Å². The van der Waals surface area contributed by atoms with Crippen LogP contribution in [0.25, 0.3) is 0 Å². The molecule has 2 aromatic rings. The van der Waals surface area contributed by atoms with Crippen LogP contribution in [-0.4, -0.2) is 35.7 Å². The monoisotopic (exact) mass is 457 g/mol. The van der Waals surface area contributed by atoms with Gasteiger partial charge >= 0.3 is 0 Å². The molecule has 6 nitrogen and oxygen atoms in total. The van der Waals surface area contributed by atoms with Crippen LogP contribution in [0.1, 0.15) is 51.0 Å². The molecule has 34 heavy (non-hydrogen) atoms. The molecule has 0 N–H and O–H groups in total. The zero-order valence-corrected chi connectivity index (χ0v) is 19.0. The van der Waals surface area contributed by atoms with Crippen LogP contribution in [0.15, 0.2) is 48.6 Å². The SMILES string of the molecule is C#CCN(CC(=O)c1c2c(cc3c1CCC3)CCC2)Cc1ccccc1.O=C([O-])C=CC(=O)[O-]. The first-order valence-electron chi connectivity index (χ1n) is 11.4. The van der Waals surface area contributed by atoms with E-state index in [-0.39, 0.29) is 5.78 Å². The van der Waals surface area contributed by atoms with Crippen molar-refractivity contribution in [1.29, 1.82) is 0 Å². The van der Waals surface area contributed by atoms with Crippen molar-refractivity contribution in [3.05, 3.63) is 81.9 Å². The van der Waals surface area contributed by atoms with E-state index in [0.717, 1.165) is 31.2 Å². The standard InChI is InChI=1S/C24H25NO.C4H4O4/c1-2-14-25(16-18-8-4-3-5-9-18)17-23(26)24-21-12-6-10-19(21)15-20-11-7-13-22(20)24;5-3(6)1-2-4(7)8/h1,3-5,8-9,15H,6-7,10-14,16-17H2;1-2H,(H,5,6)(H,7,8)/p-2. The third-order valence-electron chi connectivity index (χ3n) is 6.04. The second-order valence-corrected chi connectivity index (χ2v) is 8.46. The summed E-state index contributed by atoms with van der Waals surface area (Å²) in [5, 5.41) is 18.8. The van der Waals surface area contributed by atoms with Crippen molar-refractivity contribution in [1.82, 2.24) is 4.90 Å². The molecule has 0 bridgehead atoms. The highest BCUT2D eigenvalue weighted by molar-refractivity contribution is 6.01. The normalized spacial score (nSPS) is 13.6. The second kappa shape index (κ2) is 12.0. The lowest BCUT2D eigenvalue weighted by Gasteiger charge is -2.21. The largest absolute Gasteiger partial charge is 0.545 e. The third kappa shape index (κ3) is 6.66. The zero-order valence-electron chi connectivity index (χ0n) is 19.0. The van der Waals surface area contributed by atoms with Gasteiger partial charge in [-0.1, -0.05) is 42.3 Å². The fourth-order valence-corrected chi connectivity index (χ4v) is 4.71. The van der Waals surface area contributed by atoms with E-state index in [9.17, 15) is 24.6 Å². The first-order chi connectivity index (χ1) is 16.4. The summed E-state index contributed by atoms with van der Waals surface area (Å²) in [7, 11) is 0. The number of aliphatic carboxylic acids is 2. The van der Waals surface area contributed by atoms with Gasteiger partial charge in [0.05, 0.1) is 25.0 Å². The molecule has 2 aromatic carbocycles. The molecule has 0 saturated carbocycles. The van der Waals surface area contributed by atoms with Gasteiger partial charge in [0.25, 0.3) is 0 Å². The van der Waals surface area contributed by atoms with E-state index < -0.39 is 11.9 Å². The number of carbonyl (C=O) groups is 3. The van der Waals surface area contributed by atoms with Gasteiger partial charge in [0.2, 0.25) is 0 Å². The highest BCUT2D eigenvalue weighted by Gasteiger charge is 2.28. The number of hydrogen-bond donors (Lipinski definition) is 0. The summed E-state index contributed by atoms with van der Waals surface area (Å²) in [6.07, 6.45) is 13.1. The summed E-state index contributed by atoms with van der Waals surface area (Å²) in [5.41, 5.74) is 7.73. The average molecular weight is 458 g/mol. The molecule has 0 spiro atoms. The van der Waals surface area contributed by atoms with Crippen LogP contribution in [0.4, 0.5) is 0 Å². The number of Topliss-reactive ketones (excluding diaryl/α,β-unsaturated/α-hetero) is 1. The smallest absolute Gasteiger partial charge is 0.177 e. The molecular formula is C28H27NO5-2. The van der Waals surface area contributed by atoms with Crippen molar-refractivity contribution >= 4 is 17.7 Å². The van der Waals surface area contributed by atoms with Gasteiger partial charge in [-0.3, -0.25) is 9.69 Å². The molecular weight excluding hydrogens is 430 g/mol. The molecule has 0 radical (unpaired) electrons. The molecule has 0 heterocycles. The Morgan fingerprint density at radius 3 is 1.97 bits per heavy atom. The molecule has 0 aliphatic heterocycles. The number of fused-ring (bicyclic) bond motifs is 2. The van der Waals surface area contributed by atoms with E-state index in [1.807, 2.05) is 18.2 Å². The Balaban J connectivity index is 0.000000350. The number of benzene rings is 2. The van der Waals surface area contributed by atoms with Crippen LogP contribution in [0, 0.1) is 12.3 Å². The predicted octanol–water partition coefficient (Wildman–Crippen LogP) is 1.02. The summed E-state index contributed by atoms with van der Waals surface area (Å²) >= 11 is 0. The van der Waals surface area contributed by atoms with E-state index in [1.54, 1.807) is 0 Å². The molecule has 4 rings (SSSR count). The highest BCUT2D eigenvalue weighted by Crippen LogP contribution is 2.35. The number of terminal acetylenes is 1. The topological polar surface area (TPSA) is 101 Å². The van der Waals surface area contributed by atoms with Crippen LogP contribution in [0.2, 0.25) is 0 Å². The van der Waals surface area contributed by atoms with Gasteiger partial charge in [-0.25, -0.2) is 0 Å². The third-order valence-corrected chi connectivity index (χ3v) is 6.04. The number of hydrogen-bond acceptors (Lipinski definition) is 6. The number of aryl methyl sites for hydroxylation is 2. The van der Waals surface area contributed by atoms with Crippen LogP contribution in [-0.2, 0) is 41.8 Å². The number of nitrogens with zero attached hydrogens (tertiary/aromatic N) is 1. The van der Waals surface area contributed by atoms with Crippen molar-refractivity contribution in [2.45, 2.75) is 45.1 Å². The number of carboxylic acids is 2. The molecule has 0 atom stereocenters. The van der Waals surface area contributed by atoms with E-state index in [1.165, 1.54) is 40.7 Å². The lowest BCUT2D eigenvalue weighted by molar-refractivity contribution is -0.301. The number of carboxylic acid groups (broad SMARTS) is 2. The summed E-state index contributed by atoms with van der Waals surface area (Å²) in [5.74, 6) is -0.113. The molecule has 0 amide bonds. The zero-order chi connectivity index (χ0) is 24.5. The quantitative estimate of drug-likeness (QED) is 0.333. The summed E-state index contributed by atoms with van der Waals surface area (Å²) in [6, 6.07) is 12.6. The maximum Gasteiger partial charge on any atom is 0.177 e. The average Bonchev–Trinajstić information content (AvgIpc) is 3.46. The maximum atomic E-state index is 13.3. The fraction of sp³-hybridized carbons (Fsp3) is 0.321. The van der Waals surface area contributed by atoms with Crippen LogP contribution < -0.4 is 10.2 Å². The van der Waals surface area contributed by atoms with Crippen molar-refractivity contribution in [3.8, 4) is 12.3 Å². The number of ketones is 1. The molecule has 0 fully saturated rings.